The average molecular weight is 345 g/mol. The number of rotatable bonds is 7. The fraction of sp³-hybridized carbons (Fsp3) is 0.524. The minimum absolute atomic E-state index is 0.262. The summed E-state index contributed by atoms with van der Waals surface area (Å²) in [6.07, 6.45) is 2.40. The summed E-state index contributed by atoms with van der Waals surface area (Å²) in [6, 6.07) is 14.5. The van der Waals surface area contributed by atoms with Crippen molar-refractivity contribution in [2.24, 2.45) is 0 Å². The number of benzene rings is 2. The lowest BCUT2D eigenvalue weighted by atomic mass is 10.0. The molecule has 0 aromatic heterocycles. The molecule has 24 heavy (non-hydrogen) atoms. The van der Waals surface area contributed by atoms with Gasteiger partial charge in [-0.3, -0.25) is 0 Å². The summed E-state index contributed by atoms with van der Waals surface area (Å²) in [6.45, 7) is 12.2. The van der Waals surface area contributed by atoms with Crippen LogP contribution in [0.15, 0.2) is 42.5 Å². The van der Waals surface area contributed by atoms with Crippen LogP contribution < -0.4 is 0 Å². The minimum Gasteiger partial charge on any atom is -0.417 e. The zero-order valence-electron chi connectivity index (χ0n) is 15.8. The van der Waals surface area contributed by atoms with Crippen molar-refractivity contribution in [3.63, 3.8) is 0 Å². The predicted octanol–water partition coefficient (Wildman–Crippen LogP) is 6.07. The number of aliphatic hydroxyl groups is 1. The second kappa shape index (κ2) is 7.81. The third-order valence-electron chi connectivity index (χ3n) is 5.30. The Balaban J connectivity index is 1.79. The van der Waals surface area contributed by atoms with Crippen LogP contribution >= 0.6 is 0 Å². The van der Waals surface area contributed by atoms with Crippen LogP contribution in [0.2, 0.25) is 18.1 Å². The monoisotopic (exact) mass is 344 g/mol. The molecule has 2 aromatic rings. The highest BCUT2D eigenvalue weighted by Gasteiger charge is 2.36. The van der Waals surface area contributed by atoms with Crippen LogP contribution in [-0.4, -0.2) is 20.0 Å². The van der Waals surface area contributed by atoms with Gasteiger partial charge in [0.05, 0.1) is 6.10 Å². The molecule has 0 aliphatic rings. The Morgan fingerprint density at radius 1 is 1.00 bits per heavy atom. The molecule has 2 nitrogen and oxygen atoms in total. The number of hydrogen-bond donors (Lipinski definition) is 1. The molecule has 0 bridgehead atoms. The van der Waals surface area contributed by atoms with Crippen LogP contribution in [0.5, 0.6) is 0 Å². The first-order valence-electron chi connectivity index (χ1n) is 9.01. The summed E-state index contributed by atoms with van der Waals surface area (Å²) in [5.74, 6) is 0. The van der Waals surface area contributed by atoms with Gasteiger partial charge in [-0.1, -0.05) is 57.2 Å². The van der Waals surface area contributed by atoms with E-state index in [4.69, 9.17) is 4.43 Å². The fourth-order valence-corrected chi connectivity index (χ4v) is 3.65. The van der Waals surface area contributed by atoms with Crippen LogP contribution in [-0.2, 0) is 4.43 Å². The summed E-state index contributed by atoms with van der Waals surface area (Å²) in [5, 5.41) is 13.1. The zero-order chi connectivity index (χ0) is 17.8. The van der Waals surface area contributed by atoms with E-state index in [0.717, 1.165) is 31.4 Å². The second-order valence-electron chi connectivity index (χ2n) is 8.23. The van der Waals surface area contributed by atoms with E-state index in [1.165, 1.54) is 10.8 Å². The fourth-order valence-electron chi connectivity index (χ4n) is 2.57. The summed E-state index contributed by atoms with van der Waals surface area (Å²) >= 11 is 0. The maximum absolute atomic E-state index is 10.4. The molecule has 0 aliphatic carbocycles. The maximum Gasteiger partial charge on any atom is 0.191 e. The standard InChI is InChI=1S/C21H32O2Si/c1-21(2,3)24(4,5)23-15-9-8-12-20(22)19-14-13-17-10-6-7-11-18(17)16-19/h6-7,10-11,13-14,16,20,22H,8-9,12,15H2,1-5H3/t20-/m0/s1. The lowest BCUT2D eigenvalue weighted by Gasteiger charge is -2.36. The Morgan fingerprint density at radius 3 is 2.33 bits per heavy atom. The number of unbranched alkanes of at least 4 members (excludes halogenated alkanes) is 1. The molecule has 0 heterocycles. The van der Waals surface area contributed by atoms with Gasteiger partial charge in [-0.25, -0.2) is 0 Å². The van der Waals surface area contributed by atoms with E-state index in [1.807, 2.05) is 18.2 Å². The van der Waals surface area contributed by atoms with Crippen molar-refractivity contribution in [1.29, 1.82) is 0 Å². The normalized spacial score (nSPS) is 14.1. The van der Waals surface area contributed by atoms with Gasteiger partial charge in [-0.05, 0) is 59.8 Å². The lowest BCUT2D eigenvalue weighted by Crippen LogP contribution is -2.40. The van der Waals surface area contributed by atoms with Gasteiger partial charge in [0, 0.05) is 6.61 Å². The molecule has 0 saturated heterocycles. The van der Waals surface area contributed by atoms with Crippen molar-refractivity contribution in [3.05, 3.63) is 48.0 Å². The van der Waals surface area contributed by atoms with Gasteiger partial charge in [-0.2, -0.15) is 0 Å². The third kappa shape index (κ3) is 4.92. The van der Waals surface area contributed by atoms with Gasteiger partial charge in [0.15, 0.2) is 8.32 Å². The molecule has 0 spiro atoms. The summed E-state index contributed by atoms with van der Waals surface area (Å²) in [4.78, 5) is 0. The van der Waals surface area contributed by atoms with E-state index < -0.39 is 8.32 Å². The molecule has 1 N–H and O–H groups in total. The molecule has 2 aromatic carbocycles. The van der Waals surface area contributed by atoms with Gasteiger partial charge < -0.3 is 9.53 Å². The first-order valence-corrected chi connectivity index (χ1v) is 11.9. The Hall–Kier alpha value is -1.16. The Morgan fingerprint density at radius 2 is 1.67 bits per heavy atom. The highest BCUT2D eigenvalue weighted by atomic mass is 28.4. The number of hydrogen-bond acceptors (Lipinski definition) is 2. The van der Waals surface area contributed by atoms with Crippen molar-refractivity contribution < 1.29 is 9.53 Å². The molecular formula is C21H32O2Si. The smallest absolute Gasteiger partial charge is 0.191 e. The first kappa shape index (κ1) is 19.2. The van der Waals surface area contributed by atoms with Crippen LogP contribution in [0.4, 0.5) is 0 Å². The van der Waals surface area contributed by atoms with Crippen molar-refractivity contribution >= 4 is 19.1 Å². The molecule has 1 atom stereocenters. The molecule has 0 amide bonds. The van der Waals surface area contributed by atoms with Gasteiger partial charge in [0.25, 0.3) is 0 Å². The van der Waals surface area contributed by atoms with E-state index in [2.05, 4.69) is 58.1 Å². The highest BCUT2D eigenvalue weighted by Crippen LogP contribution is 2.36. The minimum atomic E-state index is -1.64. The predicted molar refractivity (Wildman–Crippen MR) is 106 cm³/mol. The molecule has 0 unspecified atom stereocenters. The van der Waals surface area contributed by atoms with E-state index in [0.29, 0.717) is 0 Å². The van der Waals surface area contributed by atoms with E-state index in [-0.39, 0.29) is 11.1 Å². The second-order valence-corrected chi connectivity index (χ2v) is 13.0. The van der Waals surface area contributed by atoms with Gasteiger partial charge >= 0.3 is 0 Å². The SMILES string of the molecule is CC(C)(C)[Si](C)(C)OCCCC[C@H](O)c1ccc2ccccc2c1. The zero-order valence-corrected chi connectivity index (χ0v) is 16.8. The molecule has 0 aliphatic heterocycles. The van der Waals surface area contributed by atoms with Crippen molar-refractivity contribution in [2.45, 2.75) is 64.3 Å². The van der Waals surface area contributed by atoms with Crippen LogP contribution in [0.3, 0.4) is 0 Å². The van der Waals surface area contributed by atoms with E-state index >= 15 is 0 Å². The van der Waals surface area contributed by atoms with Gasteiger partial charge in [0.1, 0.15) is 0 Å². The third-order valence-corrected chi connectivity index (χ3v) is 9.84. The summed E-state index contributed by atoms with van der Waals surface area (Å²) < 4.78 is 6.20. The van der Waals surface area contributed by atoms with Crippen LogP contribution in [0.1, 0.15) is 51.7 Å². The number of fused-ring (bicyclic) bond motifs is 1. The van der Waals surface area contributed by atoms with Crippen LogP contribution in [0, 0.1) is 0 Å². The van der Waals surface area contributed by atoms with Crippen molar-refractivity contribution in [1.82, 2.24) is 0 Å². The molecule has 0 fully saturated rings. The molecule has 132 valence electrons. The topological polar surface area (TPSA) is 29.5 Å². The first-order chi connectivity index (χ1) is 11.2. The molecular weight excluding hydrogens is 312 g/mol. The van der Waals surface area contributed by atoms with Crippen molar-refractivity contribution in [2.75, 3.05) is 6.61 Å². The van der Waals surface area contributed by atoms with Crippen molar-refractivity contribution in [3.8, 4) is 0 Å². The Kier molecular flexibility index (Phi) is 6.24. The van der Waals surface area contributed by atoms with Gasteiger partial charge in [-0.15, -0.1) is 0 Å². The molecule has 2 rings (SSSR count). The lowest BCUT2D eigenvalue weighted by molar-refractivity contribution is 0.160. The Labute approximate surface area is 148 Å². The highest BCUT2D eigenvalue weighted by molar-refractivity contribution is 6.74. The van der Waals surface area contributed by atoms with Gasteiger partial charge in [0.2, 0.25) is 0 Å². The van der Waals surface area contributed by atoms with E-state index in [1.54, 1.807) is 0 Å². The molecule has 0 radical (unpaired) electrons. The molecule has 0 saturated carbocycles. The number of aliphatic hydroxyl groups excluding tert-OH is 1. The van der Waals surface area contributed by atoms with E-state index in [9.17, 15) is 5.11 Å². The quantitative estimate of drug-likeness (QED) is 0.488. The summed E-state index contributed by atoms with van der Waals surface area (Å²) in [5.41, 5.74) is 1.01. The Bertz CT molecular complexity index is 658. The van der Waals surface area contributed by atoms with Crippen LogP contribution in [0.25, 0.3) is 10.8 Å². The largest absolute Gasteiger partial charge is 0.417 e. The molecule has 3 heteroatoms. The maximum atomic E-state index is 10.4. The summed E-state index contributed by atoms with van der Waals surface area (Å²) in [7, 11) is -1.64. The average Bonchev–Trinajstić information content (AvgIpc) is 2.52.